The molecule has 0 amide bonds. The number of carboxylic acids is 1. The number of hydrogen-bond donors (Lipinski definition) is 2. The molecule has 2 rings (SSSR count). The van der Waals surface area contributed by atoms with Crippen LogP contribution in [0.5, 0.6) is 0 Å². The van der Waals surface area contributed by atoms with Crippen molar-refractivity contribution in [3.8, 4) is 0 Å². The first-order valence-corrected chi connectivity index (χ1v) is 6.50. The maximum atomic E-state index is 10.7. The lowest BCUT2D eigenvalue weighted by atomic mass is 10.2. The van der Waals surface area contributed by atoms with E-state index in [0.29, 0.717) is 6.54 Å². The number of rotatable bonds is 5. The molecule has 94 valence electrons. The van der Waals surface area contributed by atoms with E-state index in [1.807, 2.05) is 11.4 Å². The van der Waals surface area contributed by atoms with Gasteiger partial charge in [-0.3, -0.25) is 4.98 Å². The van der Waals surface area contributed by atoms with Gasteiger partial charge in [-0.15, -0.1) is 11.3 Å². The predicted octanol–water partition coefficient (Wildman–Crippen LogP) is 2.69. The zero-order valence-electron chi connectivity index (χ0n) is 9.96. The van der Waals surface area contributed by atoms with Gasteiger partial charge in [0.05, 0.1) is 11.3 Å². The van der Waals surface area contributed by atoms with Gasteiger partial charge in [0.2, 0.25) is 0 Å². The van der Waals surface area contributed by atoms with Crippen LogP contribution in [0.1, 0.15) is 33.9 Å². The third-order valence-electron chi connectivity index (χ3n) is 2.63. The standard InChI is InChI=1S/C13H14N2O2S/c1-9(12-3-2-6-18-12)14-8-11-5-4-10(7-15-11)13(16)17/h2-7,9,14H,8H2,1H3,(H,16,17)/t9-/m1/s1. The Morgan fingerprint density at radius 1 is 1.50 bits per heavy atom. The molecule has 2 aromatic heterocycles. The second-order valence-corrected chi connectivity index (χ2v) is 4.94. The molecule has 0 fully saturated rings. The van der Waals surface area contributed by atoms with Crippen molar-refractivity contribution in [3.05, 3.63) is 52.0 Å². The van der Waals surface area contributed by atoms with E-state index in [-0.39, 0.29) is 11.6 Å². The summed E-state index contributed by atoms with van der Waals surface area (Å²) in [6, 6.07) is 7.69. The maximum Gasteiger partial charge on any atom is 0.337 e. The van der Waals surface area contributed by atoms with Crippen molar-refractivity contribution in [2.45, 2.75) is 19.5 Å². The fourth-order valence-corrected chi connectivity index (χ4v) is 2.31. The number of hydrogen-bond acceptors (Lipinski definition) is 4. The molecular weight excluding hydrogens is 248 g/mol. The number of carbonyl (C=O) groups is 1. The third-order valence-corrected chi connectivity index (χ3v) is 3.69. The van der Waals surface area contributed by atoms with Crippen molar-refractivity contribution in [1.29, 1.82) is 0 Å². The molecule has 1 atom stereocenters. The largest absolute Gasteiger partial charge is 0.478 e. The van der Waals surface area contributed by atoms with Crippen LogP contribution >= 0.6 is 11.3 Å². The molecule has 0 bridgehead atoms. The van der Waals surface area contributed by atoms with Crippen molar-refractivity contribution in [2.75, 3.05) is 0 Å². The molecule has 0 radical (unpaired) electrons. The van der Waals surface area contributed by atoms with E-state index in [4.69, 9.17) is 5.11 Å². The van der Waals surface area contributed by atoms with Gasteiger partial charge < -0.3 is 10.4 Å². The summed E-state index contributed by atoms with van der Waals surface area (Å²) in [6.45, 7) is 2.72. The summed E-state index contributed by atoms with van der Waals surface area (Å²) in [5.74, 6) is -0.950. The van der Waals surface area contributed by atoms with E-state index in [2.05, 4.69) is 23.3 Å². The molecule has 0 saturated carbocycles. The van der Waals surface area contributed by atoms with Gasteiger partial charge in [-0.05, 0) is 30.5 Å². The molecule has 0 aliphatic heterocycles. The first-order valence-electron chi connectivity index (χ1n) is 5.62. The summed E-state index contributed by atoms with van der Waals surface area (Å²) < 4.78 is 0. The Kier molecular flexibility index (Phi) is 4.07. The van der Waals surface area contributed by atoms with Crippen LogP contribution in [0, 0.1) is 0 Å². The smallest absolute Gasteiger partial charge is 0.337 e. The average Bonchev–Trinajstić information content (AvgIpc) is 2.90. The molecule has 2 heterocycles. The molecule has 4 nitrogen and oxygen atoms in total. The van der Waals surface area contributed by atoms with Crippen LogP contribution in [0.2, 0.25) is 0 Å². The Labute approximate surface area is 109 Å². The number of aromatic nitrogens is 1. The zero-order chi connectivity index (χ0) is 13.0. The van der Waals surface area contributed by atoms with Gasteiger partial charge in [-0.1, -0.05) is 6.07 Å². The van der Waals surface area contributed by atoms with Gasteiger partial charge in [0.1, 0.15) is 0 Å². The van der Waals surface area contributed by atoms with E-state index in [1.165, 1.54) is 11.1 Å². The monoisotopic (exact) mass is 262 g/mol. The van der Waals surface area contributed by atoms with Crippen LogP contribution in [-0.2, 0) is 6.54 Å². The van der Waals surface area contributed by atoms with E-state index < -0.39 is 5.97 Å². The Hall–Kier alpha value is -1.72. The second-order valence-electron chi connectivity index (χ2n) is 3.96. The molecule has 0 unspecified atom stereocenters. The highest BCUT2D eigenvalue weighted by Gasteiger charge is 2.07. The molecule has 0 spiro atoms. The number of carboxylic acid groups (broad SMARTS) is 1. The molecule has 0 aliphatic rings. The lowest BCUT2D eigenvalue weighted by Crippen LogP contribution is -2.18. The summed E-state index contributed by atoms with van der Waals surface area (Å²) in [6.07, 6.45) is 1.38. The first-order chi connectivity index (χ1) is 8.66. The van der Waals surface area contributed by atoms with E-state index in [0.717, 1.165) is 5.69 Å². The van der Waals surface area contributed by atoms with Crippen LogP contribution in [0.25, 0.3) is 0 Å². The van der Waals surface area contributed by atoms with Gasteiger partial charge in [-0.25, -0.2) is 4.79 Å². The van der Waals surface area contributed by atoms with Crippen LogP contribution in [0.3, 0.4) is 0 Å². The Morgan fingerprint density at radius 3 is 2.89 bits per heavy atom. The van der Waals surface area contributed by atoms with E-state index >= 15 is 0 Å². The van der Waals surface area contributed by atoms with Crippen LogP contribution in [0.4, 0.5) is 0 Å². The lowest BCUT2D eigenvalue weighted by molar-refractivity contribution is 0.0696. The van der Waals surface area contributed by atoms with E-state index in [9.17, 15) is 4.79 Å². The van der Waals surface area contributed by atoms with E-state index in [1.54, 1.807) is 23.5 Å². The van der Waals surface area contributed by atoms with Crippen molar-refractivity contribution in [1.82, 2.24) is 10.3 Å². The van der Waals surface area contributed by atoms with Crippen molar-refractivity contribution < 1.29 is 9.90 Å². The third kappa shape index (κ3) is 3.15. The van der Waals surface area contributed by atoms with Crippen LogP contribution in [0.15, 0.2) is 35.8 Å². The minimum Gasteiger partial charge on any atom is -0.478 e. The number of nitrogens with zero attached hydrogens (tertiary/aromatic N) is 1. The number of thiophene rings is 1. The summed E-state index contributed by atoms with van der Waals surface area (Å²) in [5, 5.41) is 14.2. The zero-order valence-corrected chi connectivity index (χ0v) is 10.8. The molecule has 2 aromatic rings. The summed E-state index contributed by atoms with van der Waals surface area (Å²) in [4.78, 5) is 16.1. The number of pyridine rings is 1. The van der Waals surface area contributed by atoms with Gasteiger partial charge in [-0.2, -0.15) is 0 Å². The fraction of sp³-hybridized carbons (Fsp3) is 0.231. The molecule has 2 N–H and O–H groups in total. The average molecular weight is 262 g/mol. The highest BCUT2D eigenvalue weighted by molar-refractivity contribution is 7.10. The molecular formula is C13H14N2O2S. The van der Waals surface area contributed by atoms with Crippen molar-refractivity contribution in [2.24, 2.45) is 0 Å². The lowest BCUT2D eigenvalue weighted by Gasteiger charge is -2.11. The van der Waals surface area contributed by atoms with Crippen molar-refractivity contribution in [3.63, 3.8) is 0 Å². The Balaban J connectivity index is 1.92. The topological polar surface area (TPSA) is 62.2 Å². The highest BCUT2D eigenvalue weighted by atomic mass is 32.1. The maximum absolute atomic E-state index is 10.7. The Bertz CT molecular complexity index is 508. The second kappa shape index (κ2) is 5.75. The predicted molar refractivity (Wildman–Crippen MR) is 70.8 cm³/mol. The molecule has 0 aromatic carbocycles. The molecule has 5 heteroatoms. The van der Waals surface area contributed by atoms with Gasteiger partial charge >= 0.3 is 5.97 Å². The quantitative estimate of drug-likeness (QED) is 0.869. The van der Waals surface area contributed by atoms with Crippen molar-refractivity contribution >= 4 is 17.3 Å². The van der Waals surface area contributed by atoms with Gasteiger partial charge in [0.15, 0.2) is 0 Å². The molecule has 0 aliphatic carbocycles. The highest BCUT2D eigenvalue weighted by Crippen LogP contribution is 2.18. The summed E-state index contributed by atoms with van der Waals surface area (Å²) in [5.41, 5.74) is 1.05. The summed E-state index contributed by atoms with van der Waals surface area (Å²) in [7, 11) is 0. The fourth-order valence-electron chi connectivity index (χ4n) is 1.55. The first kappa shape index (κ1) is 12.7. The number of aromatic carboxylic acids is 1. The summed E-state index contributed by atoms with van der Waals surface area (Å²) >= 11 is 1.71. The minimum atomic E-state index is -0.950. The SMILES string of the molecule is C[C@@H](NCc1ccc(C(=O)O)cn1)c1cccs1. The van der Waals surface area contributed by atoms with Gasteiger partial charge in [0.25, 0.3) is 0 Å². The molecule has 18 heavy (non-hydrogen) atoms. The molecule has 0 saturated heterocycles. The number of nitrogens with one attached hydrogen (secondary N) is 1. The Morgan fingerprint density at radius 2 is 2.33 bits per heavy atom. The normalized spacial score (nSPS) is 12.3. The minimum absolute atomic E-state index is 0.213. The van der Waals surface area contributed by atoms with Gasteiger partial charge in [0, 0.05) is 23.7 Å². The van der Waals surface area contributed by atoms with Crippen LogP contribution < -0.4 is 5.32 Å². The van der Waals surface area contributed by atoms with Crippen LogP contribution in [-0.4, -0.2) is 16.1 Å².